The number of morpholine rings is 1. The predicted octanol–water partition coefficient (Wildman–Crippen LogP) is 1.11. The summed E-state index contributed by atoms with van der Waals surface area (Å²) in [5, 5.41) is 9.05. The van der Waals surface area contributed by atoms with Crippen LogP contribution in [-0.4, -0.2) is 41.8 Å². The summed E-state index contributed by atoms with van der Waals surface area (Å²) in [6.45, 7) is 1.68. The highest BCUT2D eigenvalue weighted by atomic mass is 19.1. The number of nitrogens with zero attached hydrogens (tertiary/aromatic N) is 1. The van der Waals surface area contributed by atoms with Gasteiger partial charge in [0.05, 0.1) is 13.2 Å². The highest BCUT2D eigenvalue weighted by Crippen LogP contribution is 2.13. The van der Waals surface area contributed by atoms with Crippen molar-refractivity contribution in [1.29, 1.82) is 0 Å². The Kier molecular flexibility index (Phi) is 3.71. The maximum atomic E-state index is 13.0. The van der Waals surface area contributed by atoms with Crippen molar-refractivity contribution >= 4 is 5.97 Å². The van der Waals surface area contributed by atoms with Gasteiger partial charge in [0.1, 0.15) is 11.9 Å². The summed E-state index contributed by atoms with van der Waals surface area (Å²) in [6, 6.07) is 5.57. The molecule has 5 heteroatoms. The highest BCUT2D eigenvalue weighted by molar-refractivity contribution is 5.73. The van der Waals surface area contributed by atoms with Gasteiger partial charge < -0.3 is 9.84 Å². The molecule has 0 spiro atoms. The molecule has 1 aliphatic rings. The third-order valence-corrected chi connectivity index (χ3v) is 2.80. The van der Waals surface area contributed by atoms with Gasteiger partial charge in [0.2, 0.25) is 0 Å². The lowest BCUT2D eigenvalue weighted by atomic mass is 10.1. The van der Waals surface area contributed by atoms with Crippen LogP contribution in [0.3, 0.4) is 0 Å². The minimum atomic E-state index is -0.902. The lowest BCUT2D eigenvalue weighted by molar-refractivity contribution is -0.150. The van der Waals surface area contributed by atoms with Crippen LogP contribution in [0.25, 0.3) is 0 Å². The molecular formula is C12H14FNO3. The van der Waals surface area contributed by atoms with E-state index in [1.807, 2.05) is 0 Å². The van der Waals surface area contributed by atoms with Crippen LogP contribution < -0.4 is 0 Å². The first kappa shape index (κ1) is 12.0. The Morgan fingerprint density at radius 3 is 3.12 bits per heavy atom. The van der Waals surface area contributed by atoms with Gasteiger partial charge in [-0.3, -0.25) is 9.69 Å². The second kappa shape index (κ2) is 5.25. The molecule has 1 aromatic rings. The number of ether oxygens (including phenoxy) is 1. The van der Waals surface area contributed by atoms with Crippen molar-refractivity contribution in [2.75, 3.05) is 19.8 Å². The van der Waals surface area contributed by atoms with Crippen LogP contribution >= 0.6 is 0 Å². The van der Waals surface area contributed by atoms with E-state index in [4.69, 9.17) is 9.84 Å². The second-order valence-electron chi connectivity index (χ2n) is 4.03. The van der Waals surface area contributed by atoms with E-state index >= 15 is 0 Å². The molecule has 4 nitrogen and oxygen atoms in total. The van der Waals surface area contributed by atoms with Crippen molar-refractivity contribution in [2.24, 2.45) is 0 Å². The monoisotopic (exact) mass is 239 g/mol. The minimum absolute atomic E-state index is 0.185. The third-order valence-electron chi connectivity index (χ3n) is 2.80. The van der Waals surface area contributed by atoms with E-state index in [0.29, 0.717) is 19.7 Å². The normalized spacial score (nSPS) is 21.4. The number of carboxylic acid groups (broad SMARTS) is 1. The fourth-order valence-corrected chi connectivity index (χ4v) is 1.92. The van der Waals surface area contributed by atoms with Crippen molar-refractivity contribution in [1.82, 2.24) is 4.90 Å². The van der Waals surface area contributed by atoms with E-state index in [0.717, 1.165) is 5.56 Å². The van der Waals surface area contributed by atoms with Gasteiger partial charge in [-0.25, -0.2) is 4.39 Å². The van der Waals surface area contributed by atoms with Gasteiger partial charge in [-0.2, -0.15) is 0 Å². The number of carbonyl (C=O) groups is 1. The first-order chi connectivity index (χ1) is 8.16. The van der Waals surface area contributed by atoms with Crippen molar-refractivity contribution in [3.05, 3.63) is 35.6 Å². The largest absolute Gasteiger partial charge is 0.480 e. The summed E-state index contributed by atoms with van der Waals surface area (Å²) in [4.78, 5) is 12.8. The molecule has 0 aliphatic carbocycles. The maximum Gasteiger partial charge on any atom is 0.323 e. The maximum absolute atomic E-state index is 13.0. The minimum Gasteiger partial charge on any atom is -0.480 e. The number of rotatable bonds is 3. The Bertz CT molecular complexity index is 410. The summed E-state index contributed by atoms with van der Waals surface area (Å²) in [5.74, 6) is -1.20. The molecule has 1 atom stereocenters. The van der Waals surface area contributed by atoms with Gasteiger partial charge in [0.15, 0.2) is 0 Å². The van der Waals surface area contributed by atoms with Crippen molar-refractivity contribution in [2.45, 2.75) is 12.6 Å². The molecule has 0 aromatic heterocycles. The van der Waals surface area contributed by atoms with Crippen molar-refractivity contribution in [3.63, 3.8) is 0 Å². The van der Waals surface area contributed by atoms with Crippen LogP contribution in [0, 0.1) is 5.82 Å². The molecule has 0 saturated carbocycles. The highest BCUT2D eigenvalue weighted by Gasteiger charge is 2.28. The smallest absolute Gasteiger partial charge is 0.323 e. The zero-order chi connectivity index (χ0) is 12.3. The average molecular weight is 239 g/mol. The molecule has 92 valence electrons. The number of carboxylic acids is 1. The van der Waals surface area contributed by atoms with Crippen LogP contribution in [0.15, 0.2) is 24.3 Å². The fourth-order valence-electron chi connectivity index (χ4n) is 1.92. The Morgan fingerprint density at radius 1 is 1.59 bits per heavy atom. The van der Waals surface area contributed by atoms with Crippen LogP contribution in [0.2, 0.25) is 0 Å². The quantitative estimate of drug-likeness (QED) is 0.858. The van der Waals surface area contributed by atoms with Gasteiger partial charge >= 0.3 is 5.97 Å². The molecule has 1 heterocycles. The van der Waals surface area contributed by atoms with Crippen LogP contribution in [0.4, 0.5) is 4.39 Å². The third kappa shape index (κ3) is 3.01. The molecule has 1 aromatic carbocycles. The molecule has 2 rings (SSSR count). The van der Waals surface area contributed by atoms with Crippen LogP contribution in [0.1, 0.15) is 5.56 Å². The predicted molar refractivity (Wildman–Crippen MR) is 59.1 cm³/mol. The zero-order valence-electron chi connectivity index (χ0n) is 9.30. The van der Waals surface area contributed by atoms with Crippen LogP contribution in [-0.2, 0) is 16.1 Å². The molecule has 0 bridgehead atoms. The molecule has 1 N–H and O–H groups in total. The van der Waals surface area contributed by atoms with Gasteiger partial charge in [0, 0.05) is 13.1 Å². The molecular weight excluding hydrogens is 225 g/mol. The Hall–Kier alpha value is -1.46. The lowest BCUT2D eigenvalue weighted by Gasteiger charge is -2.32. The van der Waals surface area contributed by atoms with Gasteiger partial charge in [-0.1, -0.05) is 12.1 Å². The first-order valence-corrected chi connectivity index (χ1v) is 5.46. The van der Waals surface area contributed by atoms with Gasteiger partial charge in [0.25, 0.3) is 0 Å². The van der Waals surface area contributed by atoms with E-state index in [1.54, 1.807) is 17.0 Å². The van der Waals surface area contributed by atoms with Gasteiger partial charge in [-0.15, -0.1) is 0 Å². The van der Waals surface area contributed by atoms with E-state index < -0.39 is 12.0 Å². The Morgan fingerprint density at radius 2 is 2.41 bits per heavy atom. The van der Waals surface area contributed by atoms with E-state index in [9.17, 15) is 9.18 Å². The molecule has 1 fully saturated rings. The fraction of sp³-hybridized carbons (Fsp3) is 0.417. The van der Waals surface area contributed by atoms with Crippen LogP contribution in [0.5, 0.6) is 0 Å². The molecule has 1 unspecified atom stereocenters. The first-order valence-electron chi connectivity index (χ1n) is 5.46. The van der Waals surface area contributed by atoms with E-state index in [1.165, 1.54) is 12.1 Å². The Labute approximate surface area is 98.6 Å². The topological polar surface area (TPSA) is 49.8 Å². The number of halogens is 1. The summed E-state index contributed by atoms with van der Waals surface area (Å²) in [6.07, 6.45) is 0. The average Bonchev–Trinajstić information content (AvgIpc) is 2.29. The SMILES string of the molecule is O=C(O)C1COCCN1Cc1cccc(F)c1. The number of hydrogen-bond acceptors (Lipinski definition) is 3. The van der Waals surface area contributed by atoms with Crippen molar-refractivity contribution in [3.8, 4) is 0 Å². The molecule has 0 amide bonds. The standard InChI is InChI=1S/C12H14FNO3/c13-10-3-1-2-9(6-10)7-14-4-5-17-8-11(14)12(15)16/h1-3,6,11H,4-5,7-8H2,(H,15,16). The number of hydrogen-bond donors (Lipinski definition) is 1. The molecule has 1 saturated heterocycles. The van der Waals surface area contributed by atoms with E-state index in [-0.39, 0.29) is 12.4 Å². The lowest BCUT2D eigenvalue weighted by Crippen LogP contribution is -2.49. The number of benzene rings is 1. The second-order valence-corrected chi connectivity index (χ2v) is 4.03. The molecule has 0 radical (unpaired) electrons. The van der Waals surface area contributed by atoms with Crippen molar-refractivity contribution < 1.29 is 19.0 Å². The Balaban J connectivity index is 2.08. The molecule has 17 heavy (non-hydrogen) atoms. The van der Waals surface area contributed by atoms with E-state index in [2.05, 4.69) is 0 Å². The van der Waals surface area contributed by atoms with Gasteiger partial charge in [-0.05, 0) is 17.7 Å². The molecule has 1 aliphatic heterocycles. The summed E-state index contributed by atoms with van der Waals surface area (Å²) in [5.41, 5.74) is 0.776. The summed E-state index contributed by atoms with van der Waals surface area (Å²) < 4.78 is 18.2. The zero-order valence-corrected chi connectivity index (χ0v) is 9.30. The summed E-state index contributed by atoms with van der Waals surface area (Å²) in [7, 11) is 0. The number of aliphatic carboxylic acids is 1. The summed E-state index contributed by atoms with van der Waals surface area (Å²) >= 11 is 0.